The zero-order valence-electron chi connectivity index (χ0n) is 18.6. The van der Waals surface area contributed by atoms with Crippen LogP contribution in [0.15, 0.2) is 54.7 Å². The van der Waals surface area contributed by atoms with E-state index in [1.54, 1.807) is 0 Å². The van der Waals surface area contributed by atoms with Crippen molar-refractivity contribution < 1.29 is 4.74 Å². The molecule has 0 spiro atoms. The number of aromatic nitrogens is 3. The summed E-state index contributed by atoms with van der Waals surface area (Å²) in [7, 11) is 0. The number of nitrogens with one attached hydrogen (secondary N) is 1. The van der Waals surface area contributed by atoms with Crippen LogP contribution in [-0.4, -0.2) is 34.2 Å². The second-order valence-corrected chi connectivity index (χ2v) is 8.35. The van der Waals surface area contributed by atoms with E-state index in [0.29, 0.717) is 18.6 Å². The van der Waals surface area contributed by atoms with Crippen molar-refractivity contribution in [2.75, 3.05) is 13.2 Å². The summed E-state index contributed by atoms with van der Waals surface area (Å²) in [5.74, 6) is 1.42. The highest BCUT2D eigenvalue weighted by molar-refractivity contribution is 5.58. The highest BCUT2D eigenvalue weighted by atomic mass is 16.5. The Morgan fingerprint density at radius 2 is 1.83 bits per heavy atom. The predicted molar refractivity (Wildman–Crippen MR) is 123 cm³/mol. The molecule has 0 fully saturated rings. The SMILES string of the molecule is CC(C)NCCc1ccc(OCCCn2cc(-c3cccc(C(C)C)c3)nn2)cc1. The van der Waals surface area contributed by atoms with Crippen molar-refractivity contribution in [2.45, 2.75) is 59.0 Å². The van der Waals surface area contributed by atoms with Crippen molar-refractivity contribution in [2.24, 2.45) is 0 Å². The Balaban J connectivity index is 1.42. The quantitative estimate of drug-likeness (QED) is 0.451. The van der Waals surface area contributed by atoms with Crippen LogP contribution in [0.1, 0.15) is 51.2 Å². The first kappa shape index (κ1) is 22.0. The molecule has 160 valence electrons. The normalized spacial score (nSPS) is 11.4. The lowest BCUT2D eigenvalue weighted by Gasteiger charge is -2.09. The molecule has 0 amide bonds. The van der Waals surface area contributed by atoms with Crippen LogP contribution in [0.5, 0.6) is 5.75 Å². The van der Waals surface area contributed by atoms with Crippen LogP contribution in [0.2, 0.25) is 0 Å². The number of hydrogen-bond donors (Lipinski definition) is 1. The minimum Gasteiger partial charge on any atom is -0.494 e. The van der Waals surface area contributed by atoms with Crippen LogP contribution < -0.4 is 10.1 Å². The van der Waals surface area contributed by atoms with E-state index >= 15 is 0 Å². The summed E-state index contributed by atoms with van der Waals surface area (Å²) >= 11 is 0. The number of nitrogens with zero attached hydrogens (tertiary/aromatic N) is 3. The number of benzene rings is 2. The molecule has 0 bridgehead atoms. The van der Waals surface area contributed by atoms with Gasteiger partial charge in [0.15, 0.2) is 0 Å². The lowest BCUT2D eigenvalue weighted by atomic mass is 10.00. The van der Waals surface area contributed by atoms with Gasteiger partial charge in [0.2, 0.25) is 0 Å². The average Bonchev–Trinajstić information content (AvgIpc) is 3.21. The van der Waals surface area contributed by atoms with Crippen molar-refractivity contribution in [3.63, 3.8) is 0 Å². The zero-order chi connectivity index (χ0) is 21.3. The maximum Gasteiger partial charge on any atom is 0.119 e. The Morgan fingerprint density at radius 1 is 1.03 bits per heavy atom. The zero-order valence-corrected chi connectivity index (χ0v) is 18.6. The topological polar surface area (TPSA) is 52.0 Å². The largest absolute Gasteiger partial charge is 0.494 e. The molecule has 1 heterocycles. The molecule has 1 aromatic heterocycles. The molecule has 5 nitrogen and oxygen atoms in total. The summed E-state index contributed by atoms with van der Waals surface area (Å²) in [4.78, 5) is 0. The molecule has 1 N–H and O–H groups in total. The fraction of sp³-hybridized carbons (Fsp3) is 0.440. The molecule has 0 radical (unpaired) electrons. The van der Waals surface area contributed by atoms with Crippen molar-refractivity contribution in [1.29, 1.82) is 0 Å². The van der Waals surface area contributed by atoms with Crippen LogP contribution in [0.25, 0.3) is 11.3 Å². The molecular weight excluding hydrogens is 372 g/mol. The lowest BCUT2D eigenvalue weighted by molar-refractivity contribution is 0.298. The van der Waals surface area contributed by atoms with Crippen molar-refractivity contribution >= 4 is 0 Å². The van der Waals surface area contributed by atoms with E-state index in [4.69, 9.17) is 4.74 Å². The Morgan fingerprint density at radius 3 is 2.57 bits per heavy atom. The van der Waals surface area contributed by atoms with E-state index in [9.17, 15) is 0 Å². The Labute approximate surface area is 180 Å². The fourth-order valence-corrected chi connectivity index (χ4v) is 3.27. The van der Waals surface area contributed by atoms with E-state index in [1.807, 2.05) is 10.9 Å². The molecule has 0 atom stereocenters. The van der Waals surface area contributed by atoms with Crippen LogP contribution >= 0.6 is 0 Å². The Bertz CT molecular complexity index is 900. The molecule has 0 aliphatic heterocycles. The molecule has 0 saturated heterocycles. The highest BCUT2D eigenvalue weighted by Gasteiger charge is 2.06. The van der Waals surface area contributed by atoms with E-state index < -0.39 is 0 Å². The minimum atomic E-state index is 0.503. The minimum absolute atomic E-state index is 0.503. The van der Waals surface area contributed by atoms with Crippen LogP contribution in [-0.2, 0) is 13.0 Å². The van der Waals surface area contributed by atoms with Crippen molar-refractivity contribution in [1.82, 2.24) is 20.3 Å². The van der Waals surface area contributed by atoms with Crippen LogP contribution in [0, 0.1) is 0 Å². The molecule has 30 heavy (non-hydrogen) atoms. The van der Waals surface area contributed by atoms with Gasteiger partial charge in [-0.1, -0.05) is 63.2 Å². The molecule has 0 aliphatic rings. The van der Waals surface area contributed by atoms with Gasteiger partial charge >= 0.3 is 0 Å². The average molecular weight is 407 g/mol. The fourth-order valence-electron chi connectivity index (χ4n) is 3.27. The monoisotopic (exact) mass is 406 g/mol. The van der Waals surface area contributed by atoms with Gasteiger partial charge in [-0.3, -0.25) is 4.68 Å². The van der Waals surface area contributed by atoms with E-state index in [2.05, 4.69) is 91.9 Å². The van der Waals surface area contributed by atoms with Gasteiger partial charge < -0.3 is 10.1 Å². The molecular formula is C25H34N4O. The maximum atomic E-state index is 5.88. The summed E-state index contributed by atoms with van der Waals surface area (Å²) < 4.78 is 7.78. The molecule has 3 rings (SSSR count). The van der Waals surface area contributed by atoms with Crippen LogP contribution in [0.4, 0.5) is 0 Å². The summed E-state index contributed by atoms with van der Waals surface area (Å²) in [6, 6.07) is 17.5. The molecule has 0 unspecified atom stereocenters. The third kappa shape index (κ3) is 6.70. The molecule has 2 aromatic carbocycles. The lowest BCUT2D eigenvalue weighted by Crippen LogP contribution is -2.24. The Hall–Kier alpha value is -2.66. The third-order valence-corrected chi connectivity index (χ3v) is 5.08. The van der Waals surface area contributed by atoms with Crippen molar-refractivity contribution in [3.8, 4) is 17.0 Å². The number of ether oxygens (including phenoxy) is 1. The first-order valence-corrected chi connectivity index (χ1v) is 11.0. The first-order chi connectivity index (χ1) is 14.5. The second-order valence-electron chi connectivity index (χ2n) is 8.35. The van der Waals surface area contributed by atoms with Gasteiger partial charge in [-0.2, -0.15) is 0 Å². The maximum absolute atomic E-state index is 5.88. The van der Waals surface area contributed by atoms with Gasteiger partial charge in [-0.25, -0.2) is 0 Å². The molecule has 0 saturated carbocycles. The van der Waals surface area contributed by atoms with Crippen molar-refractivity contribution in [3.05, 3.63) is 65.9 Å². The smallest absolute Gasteiger partial charge is 0.119 e. The van der Waals surface area contributed by atoms with Gasteiger partial charge in [0, 0.05) is 24.6 Å². The number of aryl methyl sites for hydroxylation is 1. The van der Waals surface area contributed by atoms with Gasteiger partial charge in [-0.05, 0) is 48.2 Å². The summed E-state index contributed by atoms with van der Waals surface area (Å²) in [6.45, 7) is 11.2. The van der Waals surface area contributed by atoms with Gasteiger partial charge in [0.1, 0.15) is 11.4 Å². The van der Waals surface area contributed by atoms with Gasteiger partial charge in [0.25, 0.3) is 0 Å². The standard InChI is InChI=1S/C25H34N4O/c1-19(2)22-7-5-8-23(17-22)25-18-29(28-27-25)15-6-16-30-24-11-9-21(10-12-24)13-14-26-20(3)4/h5,7-12,17-20,26H,6,13-16H2,1-4H3. The Kier molecular flexibility index (Phi) is 8.03. The summed E-state index contributed by atoms with van der Waals surface area (Å²) in [6.07, 6.45) is 3.93. The number of rotatable bonds is 11. The first-order valence-electron chi connectivity index (χ1n) is 11.0. The molecule has 0 aliphatic carbocycles. The van der Waals surface area contributed by atoms with E-state index in [-0.39, 0.29) is 0 Å². The third-order valence-electron chi connectivity index (χ3n) is 5.08. The van der Waals surface area contributed by atoms with Gasteiger partial charge in [0.05, 0.1) is 12.8 Å². The summed E-state index contributed by atoms with van der Waals surface area (Å²) in [5.41, 5.74) is 4.68. The predicted octanol–water partition coefficient (Wildman–Crippen LogP) is 5.08. The van der Waals surface area contributed by atoms with E-state index in [1.165, 1.54) is 11.1 Å². The van der Waals surface area contributed by atoms with Crippen LogP contribution in [0.3, 0.4) is 0 Å². The number of hydrogen-bond acceptors (Lipinski definition) is 4. The highest BCUT2D eigenvalue weighted by Crippen LogP contribution is 2.22. The van der Waals surface area contributed by atoms with Gasteiger partial charge in [-0.15, -0.1) is 5.10 Å². The molecule has 5 heteroatoms. The summed E-state index contributed by atoms with van der Waals surface area (Å²) in [5, 5.41) is 12.0. The second kappa shape index (κ2) is 10.9. The van der Waals surface area contributed by atoms with E-state index in [0.717, 1.165) is 42.9 Å². The molecule has 3 aromatic rings.